The second kappa shape index (κ2) is 12.0. The molecule has 11 heteroatoms. The maximum atomic E-state index is 15.0. The van der Waals surface area contributed by atoms with Crippen LogP contribution in [-0.4, -0.2) is 56.9 Å². The first-order valence-corrected chi connectivity index (χ1v) is 15.7. The number of aromatic nitrogens is 1. The summed E-state index contributed by atoms with van der Waals surface area (Å²) in [5.41, 5.74) is 0.865. The molecule has 0 N–H and O–H groups in total. The van der Waals surface area contributed by atoms with Crippen molar-refractivity contribution in [3.05, 3.63) is 48.4 Å². The molecule has 2 aromatic carbocycles. The Morgan fingerprint density at radius 3 is 2.64 bits per heavy atom. The molecule has 3 aromatic rings. The van der Waals surface area contributed by atoms with Gasteiger partial charge in [-0.05, 0) is 68.8 Å². The molecular formula is C28H33FIN3O5S. The first-order chi connectivity index (χ1) is 18.8. The predicted octanol–water partition coefficient (Wildman–Crippen LogP) is 6.32. The van der Waals surface area contributed by atoms with Gasteiger partial charge in [-0.1, -0.05) is 6.92 Å². The van der Waals surface area contributed by atoms with Gasteiger partial charge in [0.15, 0.2) is 23.1 Å². The van der Waals surface area contributed by atoms with Crippen molar-refractivity contribution in [2.45, 2.75) is 44.3 Å². The lowest BCUT2D eigenvalue weighted by molar-refractivity contribution is 0.169. The number of sulfonamides is 1. The molecule has 1 aliphatic carbocycles. The van der Waals surface area contributed by atoms with Crippen molar-refractivity contribution in [3.8, 4) is 23.0 Å². The largest absolute Gasteiger partial charge is 0.493 e. The van der Waals surface area contributed by atoms with Gasteiger partial charge in [0, 0.05) is 36.8 Å². The first-order valence-electron chi connectivity index (χ1n) is 13.3. The normalized spacial score (nSPS) is 18.2. The van der Waals surface area contributed by atoms with Crippen LogP contribution >= 0.6 is 22.9 Å². The van der Waals surface area contributed by atoms with Crippen molar-refractivity contribution in [2.24, 2.45) is 5.92 Å². The molecule has 0 amide bonds. The third-order valence-corrected chi connectivity index (χ3v) is 11.3. The standard InChI is InChI=1S/C28H33FIN3O5S/c1-19-5-3-12-32(18-19)13-4-14-37-28-17-24-22(16-27(28)36-2)25(10-11-31-24)38-26-9-6-20(15-23(26)29)33(30)39(34,35)21-7-8-21/h6,9-11,15-17,19,21H,3-5,7-8,12-14,18H2,1-2H3. The quantitative estimate of drug-likeness (QED) is 0.134. The number of hydrogen-bond acceptors (Lipinski definition) is 7. The fourth-order valence-electron chi connectivity index (χ4n) is 4.89. The molecule has 1 unspecified atom stereocenters. The Morgan fingerprint density at radius 1 is 1.10 bits per heavy atom. The van der Waals surface area contributed by atoms with Gasteiger partial charge in [0.05, 0.1) is 53.0 Å². The summed E-state index contributed by atoms with van der Waals surface area (Å²) in [6, 6.07) is 9.37. The highest BCUT2D eigenvalue weighted by Gasteiger charge is 2.40. The van der Waals surface area contributed by atoms with Crippen LogP contribution in [0.4, 0.5) is 10.1 Å². The molecule has 0 radical (unpaired) electrons. The molecule has 2 heterocycles. The Hall–Kier alpha value is -2.38. The molecule has 1 saturated heterocycles. The first kappa shape index (κ1) is 28.2. The van der Waals surface area contributed by atoms with Crippen LogP contribution in [0.1, 0.15) is 39.0 Å². The number of methoxy groups -OCH3 is 1. The summed E-state index contributed by atoms with van der Waals surface area (Å²) in [7, 11) is -1.92. The fraction of sp³-hybridized carbons (Fsp3) is 0.464. The number of halogens is 2. The van der Waals surface area contributed by atoms with Gasteiger partial charge in [-0.15, -0.1) is 0 Å². The van der Waals surface area contributed by atoms with Crippen molar-refractivity contribution < 1.29 is 27.0 Å². The lowest BCUT2D eigenvalue weighted by atomic mass is 10.0. The average molecular weight is 670 g/mol. The van der Waals surface area contributed by atoms with E-state index in [1.165, 1.54) is 31.0 Å². The van der Waals surface area contributed by atoms with E-state index < -0.39 is 15.8 Å². The van der Waals surface area contributed by atoms with E-state index in [0.717, 1.165) is 34.5 Å². The molecule has 1 aromatic heterocycles. The SMILES string of the molecule is COc1cc2c(Oc3ccc(N(I)S(=O)(=O)C4CC4)cc3F)ccnc2cc1OCCCN1CCCC(C)C1. The van der Waals surface area contributed by atoms with E-state index in [4.69, 9.17) is 14.2 Å². The molecule has 2 fully saturated rings. The third-order valence-electron chi connectivity index (χ3n) is 7.11. The molecule has 2 aliphatic rings. The fourth-order valence-corrected chi connectivity index (χ4v) is 7.56. The molecule has 0 spiro atoms. The lowest BCUT2D eigenvalue weighted by Gasteiger charge is -2.30. The van der Waals surface area contributed by atoms with Crippen LogP contribution in [0, 0.1) is 11.7 Å². The second-order valence-electron chi connectivity index (χ2n) is 10.3. The highest BCUT2D eigenvalue weighted by molar-refractivity contribution is 14.1. The summed E-state index contributed by atoms with van der Waals surface area (Å²) in [5, 5.41) is 0.248. The number of ether oxygens (including phenoxy) is 3. The maximum absolute atomic E-state index is 15.0. The topological polar surface area (TPSA) is 81.2 Å². The van der Waals surface area contributed by atoms with Crippen LogP contribution in [0.25, 0.3) is 10.9 Å². The molecule has 39 heavy (non-hydrogen) atoms. The number of benzene rings is 2. The molecule has 1 aliphatic heterocycles. The number of piperidine rings is 1. The van der Waals surface area contributed by atoms with E-state index in [0.29, 0.717) is 47.6 Å². The third kappa shape index (κ3) is 6.51. The van der Waals surface area contributed by atoms with Crippen LogP contribution in [0.3, 0.4) is 0 Å². The maximum Gasteiger partial charge on any atom is 0.246 e. The van der Waals surface area contributed by atoms with Gasteiger partial charge < -0.3 is 19.1 Å². The Labute approximate surface area is 243 Å². The second-order valence-corrected chi connectivity index (χ2v) is 13.9. The van der Waals surface area contributed by atoms with Gasteiger partial charge in [-0.3, -0.25) is 4.98 Å². The van der Waals surface area contributed by atoms with E-state index in [-0.39, 0.29) is 16.7 Å². The molecule has 1 atom stereocenters. The zero-order valence-electron chi connectivity index (χ0n) is 22.1. The predicted molar refractivity (Wildman–Crippen MR) is 158 cm³/mol. The summed E-state index contributed by atoms with van der Waals surface area (Å²) >= 11 is 1.70. The van der Waals surface area contributed by atoms with Crippen molar-refractivity contribution in [3.63, 3.8) is 0 Å². The Morgan fingerprint density at radius 2 is 1.92 bits per heavy atom. The average Bonchev–Trinajstić information content (AvgIpc) is 3.78. The van der Waals surface area contributed by atoms with Crippen molar-refractivity contribution in [1.82, 2.24) is 9.88 Å². The number of nitrogens with zero attached hydrogens (tertiary/aromatic N) is 3. The zero-order valence-corrected chi connectivity index (χ0v) is 25.1. The summed E-state index contributed by atoms with van der Waals surface area (Å²) in [5.74, 6) is 1.59. The number of rotatable bonds is 11. The van der Waals surface area contributed by atoms with Gasteiger partial charge in [-0.25, -0.2) is 15.3 Å². The van der Waals surface area contributed by atoms with Gasteiger partial charge in [-0.2, -0.15) is 0 Å². The van der Waals surface area contributed by atoms with E-state index in [9.17, 15) is 8.42 Å². The van der Waals surface area contributed by atoms with Crippen molar-refractivity contribution in [2.75, 3.05) is 35.9 Å². The highest BCUT2D eigenvalue weighted by atomic mass is 127. The Kier molecular flexibility index (Phi) is 8.67. The summed E-state index contributed by atoms with van der Waals surface area (Å²) in [6.45, 7) is 6.16. The van der Waals surface area contributed by atoms with E-state index >= 15 is 4.39 Å². The number of pyridine rings is 1. The Bertz CT molecular complexity index is 1440. The number of fused-ring (bicyclic) bond motifs is 1. The van der Waals surface area contributed by atoms with Gasteiger partial charge >= 0.3 is 0 Å². The smallest absolute Gasteiger partial charge is 0.246 e. The van der Waals surface area contributed by atoms with Crippen LogP contribution in [0.15, 0.2) is 42.6 Å². The minimum absolute atomic E-state index is 0.0220. The van der Waals surface area contributed by atoms with Crippen molar-refractivity contribution >= 4 is 49.5 Å². The van der Waals surface area contributed by atoms with Crippen LogP contribution < -0.4 is 16.7 Å². The van der Waals surface area contributed by atoms with Crippen LogP contribution in [0.5, 0.6) is 23.0 Å². The van der Waals surface area contributed by atoms with Gasteiger partial charge in [0.2, 0.25) is 10.0 Å². The molecule has 5 rings (SSSR count). The monoisotopic (exact) mass is 669 g/mol. The molecular weight excluding hydrogens is 636 g/mol. The number of anilines is 1. The summed E-state index contributed by atoms with van der Waals surface area (Å²) < 4.78 is 58.7. The highest BCUT2D eigenvalue weighted by Crippen LogP contribution is 2.40. The minimum atomic E-state index is -3.49. The van der Waals surface area contributed by atoms with Crippen LogP contribution in [-0.2, 0) is 10.0 Å². The molecule has 8 nitrogen and oxygen atoms in total. The summed E-state index contributed by atoms with van der Waals surface area (Å²) in [4.78, 5) is 6.94. The van der Waals surface area contributed by atoms with E-state index in [1.54, 1.807) is 54.4 Å². The minimum Gasteiger partial charge on any atom is -0.493 e. The molecule has 1 saturated carbocycles. The van der Waals surface area contributed by atoms with Crippen LogP contribution in [0.2, 0.25) is 0 Å². The Balaban J connectivity index is 1.29. The molecule has 0 bridgehead atoms. The number of hydrogen-bond donors (Lipinski definition) is 0. The summed E-state index contributed by atoms with van der Waals surface area (Å²) in [6.07, 6.45) is 6.33. The van der Waals surface area contributed by atoms with E-state index in [2.05, 4.69) is 16.8 Å². The van der Waals surface area contributed by atoms with E-state index in [1.807, 2.05) is 0 Å². The van der Waals surface area contributed by atoms with Crippen molar-refractivity contribution in [1.29, 1.82) is 0 Å². The number of likely N-dealkylation sites (tertiary alicyclic amines) is 1. The van der Waals surface area contributed by atoms with Gasteiger partial charge in [0.25, 0.3) is 0 Å². The lowest BCUT2D eigenvalue weighted by Crippen LogP contribution is -2.35. The zero-order chi connectivity index (χ0) is 27.6. The van der Waals surface area contributed by atoms with Gasteiger partial charge in [0.1, 0.15) is 5.75 Å². The molecule has 210 valence electrons.